The molecule has 0 bridgehead atoms. The number of pyridine rings is 1. The van der Waals surface area contributed by atoms with Gasteiger partial charge in [-0.1, -0.05) is 50.1 Å². The predicted molar refractivity (Wildman–Crippen MR) is 91.7 cm³/mol. The molecule has 0 aliphatic carbocycles. The van der Waals surface area contributed by atoms with Crippen LogP contribution in [0.15, 0.2) is 41.8 Å². The Morgan fingerprint density at radius 3 is 2.57 bits per heavy atom. The van der Waals surface area contributed by atoms with Crippen LogP contribution in [-0.4, -0.2) is 4.98 Å². The van der Waals surface area contributed by atoms with E-state index < -0.39 is 0 Å². The lowest BCUT2D eigenvalue weighted by Gasteiger charge is -2.12. The van der Waals surface area contributed by atoms with Crippen LogP contribution in [0.4, 0.5) is 0 Å². The molecule has 2 heterocycles. The number of aromatic nitrogens is 1. The monoisotopic (exact) mass is 291 g/mol. The van der Waals surface area contributed by atoms with E-state index in [0.717, 1.165) is 21.5 Å². The molecule has 1 aromatic carbocycles. The minimum atomic E-state index is 0.396. The van der Waals surface area contributed by atoms with Crippen LogP contribution in [-0.2, 0) is 0 Å². The lowest BCUT2D eigenvalue weighted by Crippen LogP contribution is -1.96. The summed E-state index contributed by atoms with van der Waals surface area (Å²) < 4.78 is 0. The fourth-order valence-corrected chi connectivity index (χ4v) is 3.35. The Kier molecular flexibility index (Phi) is 3.77. The summed E-state index contributed by atoms with van der Waals surface area (Å²) in [5.41, 5.74) is 4.68. The smallest absolute Gasteiger partial charge is 0.124 e. The molecule has 0 fully saturated rings. The number of thiophene rings is 1. The van der Waals surface area contributed by atoms with Gasteiger partial charge in [0.15, 0.2) is 0 Å². The van der Waals surface area contributed by atoms with E-state index in [2.05, 4.69) is 61.4 Å². The third-order valence-electron chi connectivity index (χ3n) is 3.49. The molecule has 0 aliphatic heterocycles. The van der Waals surface area contributed by atoms with E-state index >= 15 is 0 Å². The molecule has 104 valence electrons. The molecule has 0 spiro atoms. The summed E-state index contributed by atoms with van der Waals surface area (Å²) in [6.07, 6.45) is 0. The Balaban J connectivity index is 2.31. The van der Waals surface area contributed by atoms with E-state index in [0.29, 0.717) is 5.92 Å². The number of nitrogens with zero attached hydrogens (tertiary/aromatic N) is 1. The van der Waals surface area contributed by atoms with Crippen LogP contribution in [0.3, 0.4) is 0 Å². The molecular weight excluding hydrogens is 274 g/mol. The Morgan fingerprint density at radius 1 is 1.14 bits per heavy atom. The summed E-state index contributed by atoms with van der Waals surface area (Å²) >= 11 is 1.68. The molecule has 0 N–H and O–H groups in total. The molecule has 0 atom stereocenters. The van der Waals surface area contributed by atoms with Crippen molar-refractivity contribution in [1.29, 1.82) is 0 Å². The van der Waals surface area contributed by atoms with Gasteiger partial charge in [-0.05, 0) is 24.5 Å². The molecule has 0 saturated carbocycles. The summed E-state index contributed by atoms with van der Waals surface area (Å²) in [6.45, 7) is 6.26. The zero-order valence-corrected chi connectivity index (χ0v) is 13.3. The average molecular weight is 291 g/mol. The van der Waals surface area contributed by atoms with E-state index in [9.17, 15) is 0 Å². The lowest BCUT2D eigenvalue weighted by atomic mass is 9.96. The molecule has 2 aromatic heterocycles. The van der Waals surface area contributed by atoms with Gasteiger partial charge >= 0.3 is 0 Å². The van der Waals surface area contributed by atoms with Crippen LogP contribution in [0.2, 0.25) is 0 Å². The highest BCUT2D eigenvalue weighted by Gasteiger charge is 2.14. The number of rotatable bonds is 2. The Labute approximate surface area is 129 Å². The van der Waals surface area contributed by atoms with Gasteiger partial charge in [0.05, 0.1) is 5.69 Å². The molecule has 1 nitrogen and oxygen atoms in total. The second kappa shape index (κ2) is 5.71. The number of fused-ring (bicyclic) bond motifs is 1. The van der Waals surface area contributed by atoms with Crippen molar-refractivity contribution in [3.05, 3.63) is 53.0 Å². The first kappa shape index (κ1) is 13.9. The van der Waals surface area contributed by atoms with Gasteiger partial charge in [0.1, 0.15) is 4.83 Å². The first-order chi connectivity index (χ1) is 10.2. The molecule has 3 aromatic rings. The van der Waals surface area contributed by atoms with Crippen molar-refractivity contribution in [3.63, 3.8) is 0 Å². The van der Waals surface area contributed by atoms with E-state index in [1.165, 1.54) is 11.1 Å². The zero-order chi connectivity index (χ0) is 14.8. The van der Waals surface area contributed by atoms with Crippen LogP contribution in [0.1, 0.15) is 37.9 Å². The van der Waals surface area contributed by atoms with Gasteiger partial charge in [-0.2, -0.15) is 0 Å². The topological polar surface area (TPSA) is 12.9 Å². The van der Waals surface area contributed by atoms with Crippen molar-refractivity contribution in [3.8, 4) is 23.0 Å². The molecule has 0 unspecified atom stereocenters. The maximum atomic E-state index is 4.90. The molecule has 3 rings (SSSR count). The quantitative estimate of drug-likeness (QED) is 0.571. The second-order valence-corrected chi connectivity index (χ2v) is 6.18. The van der Waals surface area contributed by atoms with Crippen molar-refractivity contribution in [2.24, 2.45) is 0 Å². The molecule has 21 heavy (non-hydrogen) atoms. The standard InChI is InChI=1S/C19H17NS/c1-4-8-15-12-21-19-17(15)11-16(18(20-19)13(2)3)14-9-6-5-7-10-14/h5-7,9-13H,1-3H3. The molecule has 0 amide bonds. The van der Waals surface area contributed by atoms with E-state index in [-0.39, 0.29) is 0 Å². The van der Waals surface area contributed by atoms with Crippen molar-refractivity contribution < 1.29 is 0 Å². The normalized spacial score (nSPS) is 10.7. The number of hydrogen-bond donors (Lipinski definition) is 0. The summed E-state index contributed by atoms with van der Waals surface area (Å²) in [7, 11) is 0. The fraction of sp³-hybridized carbons (Fsp3) is 0.211. The highest BCUT2D eigenvalue weighted by Crippen LogP contribution is 2.34. The second-order valence-electron chi connectivity index (χ2n) is 5.32. The minimum absolute atomic E-state index is 0.396. The van der Waals surface area contributed by atoms with Gasteiger partial charge in [-0.3, -0.25) is 0 Å². The van der Waals surface area contributed by atoms with Gasteiger partial charge in [-0.25, -0.2) is 4.98 Å². The highest BCUT2D eigenvalue weighted by atomic mass is 32.1. The molecule has 2 heteroatoms. The van der Waals surface area contributed by atoms with Gasteiger partial charge in [-0.15, -0.1) is 17.3 Å². The van der Waals surface area contributed by atoms with Crippen LogP contribution in [0, 0.1) is 11.8 Å². The summed E-state index contributed by atoms with van der Waals surface area (Å²) in [5.74, 6) is 6.56. The van der Waals surface area contributed by atoms with E-state index in [1.54, 1.807) is 11.3 Å². The molecule has 0 aliphatic rings. The van der Waals surface area contributed by atoms with Gasteiger partial charge < -0.3 is 0 Å². The van der Waals surface area contributed by atoms with Crippen LogP contribution in [0.5, 0.6) is 0 Å². The Hall–Kier alpha value is -2.11. The molecule has 0 radical (unpaired) electrons. The highest BCUT2D eigenvalue weighted by molar-refractivity contribution is 7.17. The predicted octanol–water partition coefficient (Wildman–Crippen LogP) is 5.46. The van der Waals surface area contributed by atoms with Crippen molar-refractivity contribution in [2.75, 3.05) is 0 Å². The van der Waals surface area contributed by atoms with Gasteiger partial charge in [0.25, 0.3) is 0 Å². The maximum absolute atomic E-state index is 4.90. The van der Waals surface area contributed by atoms with Gasteiger partial charge in [0, 0.05) is 21.9 Å². The zero-order valence-electron chi connectivity index (χ0n) is 12.5. The van der Waals surface area contributed by atoms with Crippen molar-refractivity contribution in [1.82, 2.24) is 4.98 Å². The fourth-order valence-electron chi connectivity index (χ4n) is 2.49. The van der Waals surface area contributed by atoms with Crippen LogP contribution >= 0.6 is 11.3 Å². The largest absolute Gasteiger partial charge is 0.241 e. The summed E-state index contributed by atoms with van der Waals surface area (Å²) in [4.78, 5) is 5.98. The Bertz CT molecular complexity index is 832. The molecular formula is C19H17NS. The van der Waals surface area contributed by atoms with Crippen molar-refractivity contribution in [2.45, 2.75) is 26.7 Å². The lowest BCUT2D eigenvalue weighted by molar-refractivity contribution is 0.834. The number of hydrogen-bond acceptors (Lipinski definition) is 2. The maximum Gasteiger partial charge on any atom is 0.124 e. The average Bonchev–Trinajstić information content (AvgIpc) is 2.90. The Morgan fingerprint density at radius 2 is 1.90 bits per heavy atom. The summed E-state index contributed by atoms with van der Waals surface area (Å²) in [5, 5.41) is 3.27. The third kappa shape index (κ3) is 2.57. The van der Waals surface area contributed by atoms with Crippen LogP contribution in [0.25, 0.3) is 21.3 Å². The van der Waals surface area contributed by atoms with Crippen molar-refractivity contribution >= 4 is 21.6 Å². The first-order valence-electron chi connectivity index (χ1n) is 7.11. The van der Waals surface area contributed by atoms with E-state index in [4.69, 9.17) is 4.98 Å². The van der Waals surface area contributed by atoms with Gasteiger partial charge in [0.2, 0.25) is 0 Å². The first-order valence-corrected chi connectivity index (χ1v) is 7.99. The van der Waals surface area contributed by atoms with Crippen LogP contribution < -0.4 is 0 Å². The van der Waals surface area contributed by atoms with E-state index in [1.807, 2.05) is 13.0 Å². The SMILES string of the molecule is CC#Cc1csc2nc(C(C)C)c(-c3ccccc3)cc12. The third-order valence-corrected chi connectivity index (χ3v) is 4.37. The number of benzene rings is 1. The summed E-state index contributed by atoms with van der Waals surface area (Å²) in [6, 6.07) is 12.7. The molecule has 0 saturated heterocycles. The minimum Gasteiger partial charge on any atom is -0.241 e.